The van der Waals surface area contributed by atoms with Crippen LogP contribution in [0.2, 0.25) is 0 Å². The largest absolute Gasteiger partial charge is 0.480 e. The zero-order valence-corrected chi connectivity index (χ0v) is 18.1. The summed E-state index contributed by atoms with van der Waals surface area (Å²) in [6.07, 6.45) is 5.75. The van der Waals surface area contributed by atoms with Crippen LogP contribution in [0.15, 0.2) is 43.0 Å². The lowest BCUT2D eigenvalue weighted by Gasteiger charge is -2.29. The van der Waals surface area contributed by atoms with Gasteiger partial charge >= 0.3 is 5.97 Å². The minimum absolute atomic E-state index is 0.0553. The number of fused-ring (bicyclic) bond motifs is 1. The molecule has 2 N–H and O–H groups in total. The molecule has 1 aliphatic rings. The van der Waals surface area contributed by atoms with Crippen LogP contribution >= 0.6 is 0 Å². The summed E-state index contributed by atoms with van der Waals surface area (Å²) in [5.74, 6) is 1.65. The summed E-state index contributed by atoms with van der Waals surface area (Å²) < 4.78 is 12.5. The van der Waals surface area contributed by atoms with Gasteiger partial charge in [-0.2, -0.15) is 4.98 Å². The average molecular weight is 438 g/mol. The van der Waals surface area contributed by atoms with Crippen LogP contribution in [0, 0.1) is 6.92 Å². The number of ether oxygens (including phenoxy) is 2. The van der Waals surface area contributed by atoms with Crippen molar-refractivity contribution in [3.8, 4) is 17.4 Å². The molecule has 4 rings (SSSR count). The molecule has 0 saturated carbocycles. The molecule has 0 bridgehead atoms. The third-order valence-electron chi connectivity index (χ3n) is 5.20. The maximum absolute atomic E-state index is 11.6. The molecule has 0 aliphatic carbocycles. The predicted molar refractivity (Wildman–Crippen MR) is 117 cm³/mol. The van der Waals surface area contributed by atoms with E-state index < -0.39 is 5.97 Å². The van der Waals surface area contributed by atoms with E-state index in [4.69, 9.17) is 9.47 Å². The normalized spacial score (nSPS) is 13.2. The quantitative estimate of drug-likeness (QED) is 0.460. The molecular formula is C22H26N6O4. The topological polar surface area (TPSA) is 115 Å². The Hall–Kier alpha value is -3.66. The number of hydrogen-bond donors (Lipinski definition) is 2. The number of aromatic nitrogens is 4. The van der Waals surface area contributed by atoms with E-state index in [0.717, 1.165) is 29.2 Å². The Morgan fingerprint density at radius 1 is 1.28 bits per heavy atom. The predicted octanol–water partition coefficient (Wildman–Crippen LogP) is 2.16. The zero-order valence-electron chi connectivity index (χ0n) is 18.1. The highest BCUT2D eigenvalue weighted by Gasteiger charge is 2.20. The molecule has 1 aromatic carbocycles. The van der Waals surface area contributed by atoms with Crippen LogP contribution in [0.3, 0.4) is 0 Å². The van der Waals surface area contributed by atoms with Crippen LogP contribution in [-0.4, -0.2) is 56.5 Å². The Morgan fingerprint density at radius 3 is 2.91 bits per heavy atom. The van der Waals surface area contributed by atoms with E-state index in [9.17, 15) is 9.90 Å². The molecule has 32 heavy (non-hydrogen) atoms. The SMILES string of the molecule is Cc1cc(N(CC(=O)O)C(C)CCNCc2ccc3c(c2)OCO3)nc(-n2ccnc2)n1. The highest BCUT2D eigenvalue weighted by Crippen LogP contribution is 2.32. The summed E-state index contributed by atoms with van der Waals surface area (Å²) in [6, 6.07) is 7.63. The van der Waals surface area contributed by atoms with Crippen molar-refractivity contribution in [3.63, 3.8) is 0 Å². The Morgan fingerprint density at radius 2 is 2.12 bits per heavy atom. The van der Waals surface area contributed by atoms with Gasteiger partial charge in [0.05, 0.1) is 0 Å². The van der Waals surface area contributed by atoms with Gasteiger partial charge in [0.25, 0.3) is 0 Å². The first kappa shape index (κ1) is 21.6. The smallest absolute Gasteiger partial charge is 0.323 e. The molecule has 1 atom stereocenters. The van der Waals surface area contributed by atoms with E-state index in [1.165, 1.54) is 0 Å². The first-order valence-corrected chi connectivity index (χ1v) is 10.4. The van der Waals surface area contributed by atoms with E-state index in [0.29, 0.717) is 24.9 Å². The number of carboxylic acids is 1. The number of carbonyl (C=O) groups is 1. The molecule has 3 heterocycles. The lowest BCUT2D eigenvalue weighted by atomic mass is 10.1. The first-order chi connectivity index (χ1) is 15.5. The van der Waals surface area contributed by atoms with Crippen LogP contribution in [-0.2, 0) is 11.3 Å². The minimum atomic E-state index is -0.911. The van der Waals surface area contributed by atoms with Gasteiger partial charge in [0.1, 0.15) is 18.7 Å². The number of aliphatic carboxylic acids is 1. The summed E-state index contributed by atoms with van der Waals surface area (Å²) in [6.45, 7) is 5.36. The molecule has 3 aromatic rings. The molecule has 10 heteroatoms. The highest BCUT2D eigenvalue weighted by molar-refractivity contribution is 5.73. The zero-order chi connectivity index (χ0) is 22.5. The lowest BCUT2D eigenvalue weighted by molar-refractivity contribution is -0.135. The Labute approximate surface area is 185 Å². The molecule has 1 aliphatic heterocycles. The number of hydrogen-bond acceptors (Lipinski definition) is 8. The van der Waals surface area contributed by atoms with Crippen molar-refractivity contribution >= 4 is 11.8 Å². The second-order valence-corrected chi connectivity index (χ2v) is 7.66. The fourth-order valence-electron chi connectivity index (χ4n) is 3.54. The Balaban J connectivity index is 1.40. The van der Waals surface area contributed by atoms with E-state index in [1.54, 1.807) is 34.3 Å². The summed E-state index contributed by atoms with van der Waals surface area (Å²) in [7, 11) is 0. The van der Waals surface area contributed by atoms with Gasteiger partial charge in [-0.05, 0) is 44.5 Å². The molecule has 1 unspecified atom stereocenters. The molecule has 0 saturated heterocycles. The monoisotopic (exact) mass is 438 g/mol. The molecule has 0 fully saturated rings. The van der Waals surface area contributed by atoms with Gasteiger partial charge in [0.2, 0.25) is 12.7 Å². The van der Waals surface area contributed by atoms with Crippen molar-refractivity contribution in [3.05, 3.63) is 54.2 Å². The van der Waals surface area contributed by atoms with E-state index in [-0.39, 0.29) is 19.4 Å². The average Bonchev–Trinajstić information content (AvgIpc) is 3.46. The molecule has 0 spiro atoms. The fourth-order valence-corrected chi connectivity index (χ4v) is 3.54. The Bertz CT molecular complexity index is 1070. The first-order valence-electron chi connectivity index (χ1n) is 10.4. The molecule has 2 aromatic heterocycles. The van der Waals surface area contributed by atoms with Gasteiger partial charge in [-0.3, -0.25) is 9.36 Å². The number of aryl methyl sites for hydroxylation is 1. The summed E-state index contributed by atoms with van der Waals surface area (Å²) in [4.78, 5) is 26.4. The molecule has 0 radical (unpaired) electrons. The number of rotatable bonds is 10. The molecular weight excluding hydrogens is 412 g/mol. The molecule has 0 amide bonds. The molecule has 168 valence electrons. The van der Waals surface area contributed by atoms with Gasteiger partial charge in [0, 0.05) is 36.7 Å². The van der Waals surface area contributed by atoms with Crippen LogP contribution in [0.25, 0.3) is 5.95 Å². The van der Waals surface area contributed by atoms with Crippen molar-refractivity contribution in [2.45, 2.75) is 32.9 Å². The van der Waals surface area contributed by atoms with E-state index in [2.05, 4.69) is 20.3 Å². The van der Waals surface area contributed by atoms with Gasteiger partial charge in [-0.1, -0.05) is 6.07 Å². The maximum atomic E-state index is 11.6. The van der Waals surface area contributed by atoms with Crippen molar-refractivity contribution in [2.75, 3.05) is 24.8 Å². The van der Waals surface area contributed by atoms with Crippen LogP contribution in [0.5, 0.6) is 11.5 Å². The van der Waals surface area contributed by atoms with Crippen molar-refractivity contribution in [2.24, 2.45) is 0 Å². The standard InChI is InChI=1S/C22H26N6O4/c1-15-9-20(26-22(25-15)27-8-7-24-13-27)28(12-21(29)30)16(2)5-6-23-11-17-3-4-18-19(10-17)32-14-31-18/h3-4,7-10,13,16,23H,5-6,11-12,14H2,1-2H3,(H,29,30). The lowest BCUT2D eigenvalue weighted by Crippen LogP contribution is -2.40. The van der Waals surface area contributed by atoms with Crippen molar-refractivity contribution < 1.29 is 19.4 Å². The third-order valence-corrected chi connectivity index (χ3v) is 5.20. The molecule has 10 nitrogen and oxygen atoms in total. The van der Waals surface area contributed by atoms with Gasteiger partial charge in [-0.15, -0.1) is 0 Å². The number of benzene rings is 1. The van der Waals surface area contributed by atoms with Gasteiger partial charge in [0.15, 0.2) is 11.5 Å². The number of nitrogens with zero attached hydrogens (tertiary/aromatic N) is 5. The van der Waals surface area contributed by atoms with Crippen LogP contribution in [0.1, 0.15) is 24.6 Å². The van der Waals surface area contributed by atoms with E-state index in [1.807, 2.05) is 32.0 Å². The maximum Gasteiger partial charge on any atom is 0.323 e. The second kappa shape index (κ2) is 9.65. The summed E-state index contributed by atoms with van der Waals surface area (Å²) in [5, 5.41) is 12.9. The van der Waals surface area contributed by atoms with Crippen molar-refractivity contribution in [1.29, 1.82) is 0 Å². The van der Waals surface area contributed by atoms with E-state index >= 15 is 0 Å². The number of imidazole rings is 1. The second-order valence-electron chi connectivity index (χ2n) is 7.66. The minimum Gasteiger partial charge on any atom is -0.480 e. The van der Waals surface area contributed by atoms with Crippen LogP contribution < -0.4 is 19.7 Å². The number of carboxylic acid groups (broad SMARTS) is 1. The Kier molecular flexibility index (Phi) is 6.50. The summed E-state index contributed by atoms with van der Waals surface area (Å²) >= 11 is 0. The van der Waals surface area contributed by atoms with Gasteiger partial charge in [-0.25, -0.2) is 9.97 Å². The highest BCUT2D eigenvalue weighted by atomic mass is 16.7. The van der Waals surface area contributed by atoms with Crippen LogP contribution in [0.4, 0.5) is 5.82 Å². The number of nitrogens with one attached hydrogen (secondary N) is 1. The fraction of sp³-hybridized carbons (Fsp3) is 0.364. The van der Waals surface area contributed by atoms with Gasteiger partial charge < -0.3 is 24.8 Å². The number of anilines is 1. The summed E-state index contributed by atoms with van der Waals surface area (Å²) in [5.41, 5.74) is 1.85. The third kappa shape index (κ3) is 5.14. The van der Waals surface area contributed by atoms with Crippen molar-refractivity contribution in [1.82, 2.24) is 24.8 Å².